The number of phosphoric ester groups is 1. The maximum absolute atomic E-state index is 11.5. The molecule has 8 nitrogen and oxygen atoms in total. The Morgan fingerprint density at radius 2 is 1.95 bits per heavy atom. The van der Waals surface area contributed by atoms with Crippen molar-refractivity contribution < 1.29 is 77.8 Å². The number of rotatable bonds is 9. The van der Waals surface area contributed by atoms with E-state index in [0.29, 0.717) is 6.42 Å². The molecule has 0 aliphatic heterocycles. The molecule has 125 valence electrons. The predicted octanol–water partition coefficient (Wildman–Crippen LogP) is -0.295. The molecule has 0 aromatic heterocycles. The third-order valence-electron chi connectivity index (χ3n) is 1.78. The predicted molar refractivity (Wildman–Crippen MR) is 72.9 cm³/mol. The van der Waals surface area contributed by atoms with Crippen molar-refractivity contribution in [2.24, 2.45) is 0 Å². The molecule has 2 amide bonds. The molecule has 0 aromatic rings. The molecule has 1 radical (unpaired) electrons. The third-order valence-corrected chi connectivity index (χ3v) is 2.76. The van der Waals surface area contributed by atoms with Crippen LogP contribution in [0, 0.1) is 50.9 Å². The van der Waals surface area contributed by atoms with Gasteiger partial charge in [0.15, 0.2) is 0 Å². The third kappa shape index (κ3) is 15.2. The zero-order chi connectivity index (χ0) is 16.2. The summed E-state index contributed by atoms with van der Waals surface area (Å²) in [4.78, 5) is 32.2. The molecule has 0 aliphatic carbocycles. The summed E-state index contributed by atoms with van der Waals surface area (Å²) in [6.45, 7) is 2.89. The van der Waals surface area contributed by atoms with E-state index in [1.54, 1.807) is 0 Å². The maximum Gasteiger partial charge on any atom is 0.472 e. The Balaban J connectivity index is -0.000000387. The van der Waals surface area contributed by atoms with Gasteiger partial charge in [0.25, 0.3) is 0 Å². The molecule has 0 bridgehead atoms. The Labute approximate surface area is 166 Å². The molecular weight excluding hydrogens is 576 g/mol. The minimum Gasteiger partial charge on any atom is -0.520 e. The molecule has 0 rings (SSSR count). The number of phosphoric acid groups is 1. The van der Waals surface area contributed by atoms with Gasteiger partial charge in [-0.2, -0.15) is 12.8 Å². The topological polar surface area (TPSA) is 105 Å². The Hall–Kier alpha value is 0.246. The monoisotopic (exact) mass is 595 g/mol. The molecule has 0 aromatic carbocycles. The fourth-order valence-electron chi connectivity index (χ4n) is 0.943. The molecule has 22 heavy (non-hydrogen) atoms. The van der Waals surface area contributed by atoms with Crippen LogP contribution in [0.4, 0.5) is 0 Å². The van der Waals surface area contributed by atoms with E-state index in [2.05, 4.69) is 34.1 Å². The largest absolute Gasteiger partial charge is 0.520 e. The number of nitrogens with one attached hydrogen (secondary N) is 1. The van der Waals surface area contributed by atoms with Crippen molar-refractivity contribution in [1.29, 1.82) is 0 Å². The van der Waals surface area contributed by atoms with Crippen LogP contribution < -0.4 is 5.32 Å². The van der Waals surface area contributed by atoms with E-state index in [-0.39, 0.29) is 56.3 Å². The van der Waals surface area contributed by atoms with Crippen LogP contribution in [0.25, 0.3) is 0 Å². The van der Waals surface area contributed by atoms with Gasteiger partial charge in [-0.3, -0.25) is 13.8 Å². The number of carbonyl (C=O) groups is 1. The summed E-state index contributed by atoms with van der Waals surface area (Å²) >= 11 is 0. The van der Waals surface area contributed by atoms with Crippen LogP contribution >= 0.6 is 7.82 Å². The molecule has 2 N–H and O–H groups in total. The summed E-state index contributed by atoms with van der Waals surface area (Å²) in [7, 11) is -1.29. The molecule has 0 spiro atoms. The van der Waals surface area contributed by atoms with Crippen LogP contribution in [0.2, 0.25) is 0 Å². The van der Waals surface area contributed by atoms with Crippen LogP contribution in [-0.4, -0.2) is 55.5 Å². The molecule has 0 aliphatic rings. The number of nitrogens with zero attached hydrogens (tertiary/aromatic N) is 1. The molecule has 0 saturated carbocycles. The van der Waals surface area contributed by atoms with Gasteiger partial charge in [-0.05, 0) is 0 Å². The minimum absolute atomic E-state index is 0. The Morgan fingerprint density at radius 3 is 2.32 bits per heavy atom. The second kappa shape index (κ2) is 17.6. The Kier molecular flexibility index (Phi) is 24.1. The fourth-order valence-corrected chi connectivity index (χ4v) is 1.72. The molecule has 11 heteroatoms. The van der Waals surface area contributed by atoms with Crippen molar-refractivity contribution in [1.82, 2.24) is 10.2 Å². The van der Waals surface area contributed by atoms with E-state index in [0.717, 1.165) is 0 Å². The number of terminal acetylenes is 1. The van der Waals surface area contributed by atoms with Gasteiger partial charge in [-0.15, -0.1) is 12.8 Å². The summed E-state index contributed by atoms with van der Waals surface area (Å²) in [6.07, 6.45) is 9.63. The quantitative estimate of drug-likeness (QED) is 0.164. The number of likely N-dealkylation sites (N-methyl/N-ethyl adjacent to an activating group) is 1. The summed E-state index contributed by atoms with van der Waals surface area (Å²) in [6, 6.07) is -1.10. The molecule has 0 fully saturated rings. The second-order valence-electron chi connectivity index (χ2n) is 3.48. The van der Waals surface area contributed by atoms with Gasteiger partial charge >= 0.3 is 7.82 Å². The van der Waals surface area contributed by atoms with Gasteiger partial charge in [-0.25, -0.2) is 4.57 Å². The van der Waals surface area contributed by atoms with Crippen LogP contribution in [-0.2, 0) is 41.8 Å². The standard InChI is InChI=1S/C9H17N2O6P.C2H2.U.V/c1-4-5-16-18(14,15)17-6-8(10-7-12)9(13)11(2)3;1-2;;/h8H,1,4-6H2,2-3H3,(H,10,12)(H,14,15);1-2H;;/q-2;;;. The SMILES string of the molecule is C#C.[CH2-]CCOP(=O)(O)OCC(N[C-]=O)C(=O)N(C)C.[U].[V]. The number of hydrogen-bond donors (Lipinski definition) is 2. The summed E-state index contributed by atoms with van der Waals surface area (Å²) in [5, 5.41) is 2.07. The minimum atomic E-state index is -4.24. The zero-order valence-corrected chi connectivity index (χ0v) is 18.8. The summed E-state index contributed by atoms with van der Waals surface area (Å²) in [5.74, 6) is -0.490. The number of carbonyl (C=O) groups excluding carboxylic acids is 2. The number of amides is 2. The first-order valence-electron chi connectivity index (χ1n) is 5.42. The molecule has 0 saturated heterocycles. The van der Waals surface area contributed by atoms with Crippen molar-refractivity contribution in [2.75, 3.05) is 27.3 Å². The van der Waals surface area contributed by atoms with Crippen molar-refractivity contribution in [3.05, 3.63) is 6.92 Å². The zero-order valence-electron chi connectivity index (χ0n) is 12.4. The van der Waals surface area contributed by atoms with Crippen LogP contribution in [0.3, 0.4) is 0 Å². The first-order chi connectivity index (χ1) is 9.34. The van der Waals surface area contributed by atoms with Gasteiger partial charge < -0.3 is 26.8 Å². The van der Waals surface area contributed by atoms with Crippen molar-refractivity contribution in [2.45, 2.75) is 12.5 Å². The maximum atomic E-state index is 11.5. The average Bonchev–Trinajstić information content (AvgIpc) is 2.42. The van der Waals surface area contributed by atoms with Gasteiger partial charge in [0.1, 0.15) is 6.04 Å². The van der Waals surface area contributed by atoms with Crippen LogP contribution in [0.15, 0.2) is 0 Å². The van der Waals surface area contributed by atoms with Crippen LogP contribution in [0.5, 0.6) is 0 Å². The van der Waals surface area contributed by atoms with Gasteiger partial charge in [-0.1, -0.05) is 0 Å². The smallest absolute Gasteiger partial charge is 0.472 e. The summed E-state index contributed by atoms with van der Waals surface area (Å²) < 4.78 is 20.4. The van der Waals surface area contributed by atoms with Crippen LogP contribution in [0.1, 0.15) is 6.42 Å². The van der Waals surface area contributed by atoms with E-state index < -0.39 is 26.4 Å². The van der Waals surface area contributed by atoms with E-state index in [4.69, 9.17) is 0 Å². The van der Waals surface area contributed by atoms with Crippen molar-refractivity contribution in [3.8, 4) is 12.8 Å². The average molecular weight is 595 g/mol. The van der Waals surface area contributed by atoms with Crippen molar-refractivity contribution >= 4 is 20.1 Å². The van der Waals surface area contributed by atoms with Gasteiger partial charge in [0.05, 0.1) is 6.61 Å². The Bertz CT molecular complexity index is 370. The molecule has 2 unspecified atom stereocenters. The van der Waals surface area contributed by atoms with E-state index in [1.165, 1.54) is 25.4 Å². The first kappa shape index (κ1) is 30.2. The number of hydrogen-bond acceptors (Lipinski definition) is 5. The van der Waals surface area contributed by atoms with E-state index in [1.807, 2.05) is 0 Å². The van der Waals surface area contributed by atoms with Gasteiger partial charge in [0.2, 0.25) is 5.91 Å². The van der Waals surface area contributed by atoms with Crippen molar-refractivity contribution in [3.63, 3.8) is 0 Å². The van der Waals surface area contributed by atoms with Gasteiger partial charge in [0, 0.05) is 70.4 Å². The normalized spacial score (nSPS) is 12.8. The Morgan fingerprint density at radius 1 is 1.45 bits per heavy atom. The van der Waals surface area contributed by atoms with E-state index >= 15 is 0 Å². The fraction of sp³-hybridized carbons (Fsp3) is 0.545. The second-order valence-corrected chi connectivity index (χ2v) is 4.94. The van der Waals surface area contributed by atoms with E-state index in [9.17, 15) is 19.0 Å². The molecule has 2 atom stereocenters. The first-order valence-corrected chi connectivity index (χ1v) is 6.92. The molecule has 0 heterocycles. The summed E-state index contributed by atoms with van der Waals surface area (Å²) in [5.41, 5.74) is 0. The molecular formula is C11H19N2O6PUV-2.